The molecule has 2 rings (SSSR count). The monoisotopic (exact) mass is 326 g/mol. The fraction of sp³-hybridized carbons (Fsp3) is 0.947. The van der Waals surface area contributed by atoms with Crippen LogP contribution in [0.25, 0.3) is 0 Å². The second kappa shape index (κ2) is 11.0. The Balaban J connectivity index is 1.51. The van der Waals surface area contributed by atoms with E-state index < -0.39 is 0 Å². The van der Waals surface area contributed by atoms with E-state index in [1.807, 2.05) is 6.92 Å². The number of carbonyl (C=O) groups is 1. The summed E-state index contributed by atoms with van der Waals surface area (Å²) in [5.41, 5.74) is 0. The van der Waals surface area contributed by atoms with Gasteiger partial charge in [-0.2, -0.15) is 0 Å². The Morgan fingerprint density at radius 3 is 2.35 bits per heavy atom. The highest BCUT2D eigenvalue weighted by atomic mass is 16.6. The summed E-state index contributed by atoms with van der Waals surface area (Å²) >= 11 is 0. The maximum atomic E-state index is 12.1. The van der Waals surface area contributed by atoms with Crippen LogP contribution in [-0.4, -0.2) is 38.5 Å². The molecule has 0 saturated heterocycles. The molecule has 0 aromatic heterocycles. The first-order chi connectivity index (χ1) is 11.3. The van der Waals surface area contributed by atoms with Gasteiger partial charge in [0, 0.05) is 13.2 Å². The topological polar surface area (TPSA) is 44.8 Å². The average molecular weight is 326 g/mol. The minimum atomic E-state index is -0.0134. The molecule has 0 amide bonds. The van der Waals surface area contributed by atoms with Gasteiger partial charge in [0.15, 0.2) is 0 Å². The number of carbonyl (C=O) groups excluding carboxylic acids is 1. The lowest BCUT2D eigenvalue weighted by molar-refractivity contribution is -0.152. The molecular weight excluding hydrogens is 292 g/mol. The molecule has 2 aliphatic carbocycles. The Morgan fingerprint density at radius 2 is 1.65 bits per heavy atom. The van der Waals surface area contributed by atoms with Gasteiger partial charge >= 0.3 is 5.97 Å². The fourth-order valence-corrected chi connectivity index (χ4v) is 3.79. The predicted octanol–water partition coefficient (Wildman–Crippen LogP) is 4.11. The highest BCUT2D eigenvalue weighted by Crippen LogP contribution is 2.31. The Hall–Kier alpha value is -0.610. The molecule has 0 radical (unpaired) electrons. The molecule has 0 heterocycles. The van der Waals surface area contributed by atoms with Gasteiger partial charge < -0.3 is 14.2 Å². The summed E-state index contributed by atoms with van der Waals surface area (Å²) in [5.74, 6) is 0.814. The molecule has 0 aromatic carbocycles. The molecule has 0 bridgehead atoms. The van der Waals surface area contributed by atoms with Crippen molar-refractivity contribution in [2.24, 2.45) is 11.8 Å². The smallest absolute Gasteiger partial charge is 0.309 e. The van der Waals surface area contributed by atoms with Crippen LogP contribution < -0.4 is 0 Å². The van der Waals surface area contributed by atoms with Gasteiger partial charge in [0.25, 0.3) is 0 Å². The van der Waals surface area contributed by atoms with Gasteiger partial charge in [-0.1, -0.05) is 19.3 Å². The number of rotatable bonds is 9. The summed E-state index contributed by atoms with van der Waals surface area (Å²) in [6.45, 7) is 4.66. The highest BCUT2D eigenvalue weighted by Gasteiger charge is 2.27. The van der Waals surface area contributed by atoms with Crippen LogP contribution in [0.2, 0.25) is 0 Å². The Labute approximate surface area is 141 Å². The van der Waals surface area contributed by atoms with Gasteiger partial charge in [-0.15, -0.1) is 0 Å². The maximum absolute atomic E-state index is 12.1. The highest BCUT2D eigenvalue weighted by molar-refractivity contribution is 5.72. The van der Waals surface area contributed by atoms with E-state index in [1.165, 1.54) is 32.1 Å². The van der Waals surface area contributed by atoms with Crippen LogP contribution in [0.3, 0.4) is 0 Å². The minimum absolute atomic E-state index is 0.0134. The van der Waals surface area contributed by atoms with Crippen molar-refractivity contribution in [3.05, 3.63) is 0 Å². The first-order valence-corrected chi connectivity index (χ1v) is 9.65. The van der Waals surface area contributed by atoms with Crippen LogP contribution in [0.15, 0.2) is 0 Å². The number of hydrogen-bond donors (Lipinski definition) is 0. The molecule has 4 nitrogen and oxygen atoms in total. The lowest BCUT2D eigenvalue weighted by atomic mass is 9.81. The molecule has 0 unspecified atom stereocenters. The Kier molecular flexibility index (Phi) is 8.98. The van der Waals surface area contributed by atoms with Crippen LogP contribution in [0.1, 0.15) is 71.1 Å². The normalized spacial score (nSPS) is 26.1. The van der Waals surface area contributed by atoms with Crippen molar-refractivity contribution in [1.82, 2.24) is 0 Å². The summed E-state index contributed by atoms with van der Waals surface area (Å²) in [5, 5.41) is 0. The zero-order valence-electron chi connectivity index (χ0n) is 14.8. The third kappa shape index (κ3) is 7.21. The summed E-state index contributed by atoms with van der Waals surface area (Å²) < 4.78 is 16.6. The first-order valence-electron chi connectivity index (χ1n) is 9.65. The molecule has 4 heteroatoms. The van der Waals surface area contributed by atoms with Crippen molar-refractivity contribution in [3.63, 3.8) is 0 Å². The Morgan fingerprint density at radius 1 is 0.913 bits per heavy atom. The van der Waals surface area contributed by atoms with Crippen molar-refractivity contribution in [2.45, 2.75) is 77.2 Å². The molecule has 0 aliphatic heterocycles. The minimum Gasteiger partial charge on any atom is -0.463 e. The third-order valence-corrected chi connectivity index (χ3v) is 5.29. The third-order valence-electron chi connectivity index (χ3n) is 5.29. The van der Waals surface area contributed by atoms with E-state index in [9.17, 15) is 4.79 Å². The van der Waals surface area contributed by atoms with E-state index >= 15 is 0 Å². The molecule has 0 aromatic rings. The van der Waals surface area contributed by atoms with Crippen molar-refractivity contribution >= 4 is 5.97 Å². The summed E-state index contributed by atoms with van der Waals surface area (Å²) in [6.07, 6.45) is 11.9. The van der Waals surface area contributed by atoms with Crippen LogP contribution in [0, 0.1) is 11.8 Å². The second-order valence-corrected chi connectivity index (χ2v) is 7.00. The molecule has 2 aliphatic rings. The van der Waals surface area contributed by atoms with Crippen LogP contribution >= 0.6 is 0 Å². The molecule has 23 heavy (non-hydrogen) atoms. The van der Waals surface area contributed by atoms with Crippen LogP contribution in [-0.2, 0) is 19.0 Å². The lowest BCUT2D eigenvalue weighted by Crippen LogP contribution is -2.26. The van der Waals surface area contributed by atoms with E-state index in [2.05, 4.69) is 0 Å². The Bertz CT molecular complexity index is 317. The fourth-order valence-electron chi connectivity index (χ4n) is 3.79. The standard InChI is InChI=1S/C19H34O4/c1-2-21-13-12-16-8-10-17(11-9-16)19(20)23-15-14-22-18-6-4-3-5-7-18/h16-18H,2-15H2,1H3. The van der Waals surface area contributed by atoms with E-state index in [-0.39, 0.29) is 11.9 Å². The zero-order chi connectivity index (χ0) is 16.3. The molecule has 0 atom stereocenters. The molecular formula is C19H34O4. The molecule has 134 valence electrons. The van der Waals surface area contributed by atoms with E-state index in [0.717, 1.165) is 51.2 Å². The van der Waals surface area contributed by atoms with E-state index in [4.69, 9.17) is 14.2 Å². The van der Waals surface area contributed by atoms with Crippen molar-refractivity contribution in [3.8, 4) is 0 Å². The van der Waals surface area contributed by atoms with Crippen molar-refractivity contribution in [1.29, 1.82) is 0 Å². The second-order valence-electron chi connectivity index (χ2n) is 7.00. The van der Waals surface area contributed by atoms with Crippen molar-refractivity contribution < 1.29 is 19.0 Å². The van der Waals surface area contributed by atoms with Crippen LogP contribution in [0.5, 0.6) is 0 Å². The van der Waals surface area contributed by atoms with Crippen molar-refractivity contribution in [2.75, 3.05) is 26.4 Å². The van der Waals surface area contributed by atoms with E-state index in [1.54, 1.807) is 0 Å². The van der Waals surface area contributed by atoms with E-state index in [0.29, 0.717) is 19.3 Å². The summed E-state index contributed by atoms with van der Waals surface area (Å²) in [6, 6.07) is 0. The van der Waals surface area contributed by atoms with Gasteiger partial charge in [0.1, 0.15) is 6.61 Å². The van der Waals surface area contributed by atoms with Gasteiger partial charge in [-0.25, -0.2) is 0 Å². The molecule has 2 fully saturated rings. The summed E-state index contributed by atoms with van der Waals surface area (Å²) in [7, 11) is 0. The quantitative estimate of drug-likeness (QED) is 0.472. The van der Waals surface area contributed by atoms with Gasteiger partial charge in [-0.3, -0.25) is 4.79 Å². The zero-order valence-corrected chi connectivity index (χ0v) is 14.8. The number of hydrogen-bond acceptors (Lipinski definition) is 4. The van der Waals surface area contributed by atoms with Gasteiger partial charge in [0.2, 0.25) is 0 Å². The first kappa shape index (κ1) is 18.7. The maximum Gasteiger partial charge on any atom is 0.309 e. The summed E-state index contributed by atoms with van der Waals surface area (Å²) in [4.78, 5) is 12.1. The molecule has 0 N–H and O–H groups in total. The molecule has 0 spiro atoms. The van der Waals surface area contributed by atoms with Crippen LogP contribution in [0.4, 0.5) is 0 Å². The van der Waals surface area contributed by atoms with Gasteiger partial charge in [-0.05, 0) is 57.8 Å². The number of ether oxygens (including phenoxy) is 3. The van der Waals surface area contributed by atoms with Gasteiger partial charge in [0.05, 0.1) is 18.6 Å². The average Bonchev–Trinajstić information content (AvgIpc) is 2.60. The number of esters is 1. The largest absolute Gasteiger partial charge is 0.463 e. The molecule has 2 saturated carbocycles. The SMILES string of the molecule is CCOCCC1CCC(C(=O)OCCOC2CCCCC2)CC1. The lowest BCUT2D eigenvalue weighted by Gasteiger charge is -2.27. The predicted molar refractivity (Wildman–Crippen MR) is 90.3 cm³/mol.